The van der Waals surface area contributed by atoms with Gasteiger partial charge in [-0.25, -0.2) is 0 Å². The summed E-state index contributed by atoms with van der Waals surface area (Å²) in [7, 11) is 0. The molecule has 0 saturated carbocycles. The number of aromatic nitrogens is 2. The molecule has 128 valence electrons. The summed E-state index contributed by atoms with van der Waals surface area (Å²) < 4.78 is 3.46. The van der Waals surface area contributed by atoms with Crippen molar-refractivity contribution in [1.29, 1.82) is 0 Å². The van der Waals surface area contributed by atoms with E-state index in [2.05, 4.69) is 56.4 Å². The monoisotopic (exact) mass is 434 g/mol. The molecule has 6 heteroatoms. The molecule has 0 unspecified atom stereocenters. The van der Waals surface area contributed by atoms with Crippen LogP contribution in [0.15, 0.2) is 36.8 Å². The topological polar surface area (TPSA) is 50.2 Å². The van der Waals surface area contributed by atoms with Crippen LogP contribution in [0.2, 0.25) is 14.8 Å². The van der Waals surface area contributed by atoms with E-state index in [0.29, 0.717) is 5.69 Å². The van der Waals surface area contributed by atoms with Gasteiger partial charge in [0.2, 0.25) is 0 Å². The molecular formula is C18H26N4OSn. The first-order valence-corrected chi connectivity index (χ1v) is 18.5. The number of rotatable bonds is 5. The third-order valence-electron chi connectivity index (χ3n) is 4.69. The summed E-state index contributed by atoms with van der Waals surface area (Å²) in [6.45, 7) is 3.96. The summed E-state index contributed by atoms with van der Waals surface area (Å²) in [6.07, 6.45) is 4.53. The van der Waals surface area contributed by atoms with Gasteiger partial charge >= 0.3 is 148 Å². The van der Waals surface area contributed by atoms with E-state index in [4.69, 9.17) is 0 Å². The molecule has 0 bridgehead atoms. The van der Waals surface area contributed by atoms with Crippen LogP contribution in [0.1, 0.15) is 35.4 Å². The van der Waals surface area contributed by atoms with E-state index in [1.807, 2.05) is 9.58 Å². The van der Waals surface area contributed by atoms with Crippen LogP contribution in [0.4, 0.5) is 0 Å². The number of carbonyl (C=O) groups is 1. The van der Waals surface area contributed by atoms with Gasteiger partial charge in [-0.3, -0.25) is 0 Å². The first-order chi connectivity index (χ1) is 11.4. The number of nitrogens with zero attached hydrogens (tertiary/aromatic N) is 3. The number of hydrogen-bond donors (Lipinski definition) is 1. The SMILES string of the molecule is C[C@H](c1cc[c]([Sn]([CH3])([CH3])[CH3])cc1)n1cncc1C(=O)NN1CCC1. The van der Waals surface area contributed by atoms with Crippen LogP contribution in [0.5, 0.6) is 0 Å². The van der Waals surface area contributed by atoms with Gasteiger partial charge in [-0.1, -0.05) is 0 Å². The normalized spacial score (nSPS) is 16.5. The van der Waals surface area contributed by atoms with Gasteiger partial charge in [-0.05, 0) is 0 Å². The number of hydrazine groups is 1. The van der Waals surface area contributed by atoms with Gasteiger partial charge < -0.3 is 0 Å². The van der Waals surface area contributed by atoms with Crippen LogP contribution in [0, 0.1) is 0 Å². The van der Waals surface area contributed by atoms with Crippen LogP contribution in [0.3, 0.4) is 0 Å². The Kier molecular flexibility index (Phi) is 5.01. The van der Waals surface area contributed by atoms with Gasteiger partial charge in [-0.15, -0.1) is 0 Å². The first kappa shape index (κ1) is 17.5. The zero-order valence-electron chi connectivity index (χ0n) is 14.9. The minimum absolute atomic E-state index is 0.0776. The molecule has 24 heavy (non-hydrogen) atoms. The fraction of sp³-hybridized carbons (Fsp3) is 0.444. The van der Waals surface area contributed by atoms with Crippen LogP contribution in [-0.2, 0) is 0 Å². The second-order valence-electron chi connectivity index (χ2n) is 7.52. The molecule has 1 aliphatic heterocycles. The van der Waals surface area contributed by atoms with E-state index in [-0.39, 0.29) is 11.9 Å². The molecule has 1 fully saturated rings. The molecule has 0 radical (unpaired) electrons. The Balaban J connectivity index is 1.79. The molecule has 2 heterocycles. The number of amides is 1. The van der Waals surface area contributed by atoms with Crippen molar-refractivity contribution in [2.45, 2.75) is 34.2 Å². The number of imidazole rings is 1. The average Bonchev–Trinajstić information content (AvgIpc) is 2.99. The van der Waals surface area contributed by atoms with Crippen LogP contribution in [0.25, 0.3) is 0 Å². The van der Waals surface area contributed by atoms with Gasteiger partial charge in [0.05, 0.1) is 0 Å². The number of hydrogen-bond acceptors (Lipinski definition) is 3. The van der Waals surface area contributed by atoms with E-state index < -0.39 is 18.4 Å². The molecular weight excluding hydrogens is 407 g/mol. The van der Waals surface area contributed by atoms with E-state index >= 15 is 0 Å². The van der Waals surface area contributed by atoms with E-state index in [0.717, 1.165) is 19.5 Å². The molecule has 1 saturated heterocycles. The van der Waals surface area contributed by atoms with Crippen molar-refractivity contribution >= 4 is 27.9 Å². The van der Waals surface area contributed by atoms with Gasteiger partial charge in [0.15, 0.2) is 0 Å². The Labute approximate surface area is 147 Å². The molecule has 1 aromatic carbocycles. The molecule has 0 spiro atoms. The van der Waals surface area contributed by atoms with Crippen LogP contribution in [-0.4, -0.2) is 51.9 Å². The van der Waals surface area contributed by atoms with Crippen molar-refractivity contribution in [3.8, 4) is 0 Å². The fourth-order valence-electron chi connectivity index (χ4n) is 2.84. The van der Waals surface area contributed by atoms with Crippen molar-refractivity contribution in [3.63, 3.8) is 0 Å². The molecule has 2 aromatic rings. The van der Waals surface area contributed by atoms with Crippen molar-refractivity contribution in [3.05, 3.63) is 48.0 Å². The molecule has 1 amide bonds. The second-order valence-corrected chi connectivity index (χ2v) is 22.0. The van der Waals surface area contributed by atoms with Gasteiger partial charge in [0, 0.05) is 0 Å². The summed E-state index contributed by atoms with van der Waals surface area (Å²) >= 11 is -2.02. The maximum absolute atomic E-state index is 12.4. The average molecular weight is 433 g/mol. The molecule has 3 rings (SSSR count). The molecule has 1 aliphatic rings. The Hall–Kier alpha value is -1.34. The predicted octanol–water partition coefficient (Wildman–Crippen LogP) is 2.39. The Morgan fingerprint density at radius 2 is 1.88 bits per heavy atom. The second kappa shape index (κ2) is 6.88. The summed E-state index contributed by atoms with van der Waals surface area (Å²) in [4.78, 5) is 23.9. The van der Waals surface area contributed by atoms with Crippen LogP contribution < -0.4 is 9.01 Å². The van der Waals surface area contributed by atoms with Crippen molar-refractivity contribution < 1.29 is 4.79 Å². The summed E-state index contributed by atoms with van der Waals surface area (Å²) in [5, 5.41) is 1.94. The number of carbonyl (C=O) groups excluding carboxylic acids is 1. The number of benzene rings is 1. The quantitative estimate of drug-likeness (QED) is 0.738. The zero-order valence-corrected chi connectivity index (χ0v) is 17.8. The summed E-state index contributed by atoms with van der Waals surface area (Å²) in [6, 6.07) is 8.99. The third kappa shape index (κ3) is 3.67. The van der Waals surface area contributed by atoms with E-state index in [9.17, 15) is 4.79 Å². The third-order valence-corrected chi connectivity index (χ3v) is 10.6. The standard InChI is InChI=1S/C15H17N4O.3CH3.Sn/c1-12(13-6-3-2-4-7-13)19-11-16-10-14(19)15(20)17-18-8-5-9-18;;;;/h3-4,6-7,10-12H,5,8-9H2,1H3,(H,17,20);3*1H3;/t12-;;;;/m1..../s1. The van der Waals surface area contributed by atoms with Gasteiger partial charge in [0.25, 0.3) is 0 Å². The fourth-order valence-corrected chi connectivity index (χ4v) is 6.17. The van der Waals surface area contributed by atoms with Crippen molar-refractivity contribution in [2.24, 2.45) is 0 Å². The predicted molar refractivity (Wildman–Crippen MR) is 99.1 cm³/mol. The van der Waals surface area contributed by atoms with Gasteiger partial charge in [-0.2, -0.15) is 0 Å². The van der Waals surface area contributed by atoms with E-state index in [1.165, 1.54) is 9.14 Å². The zero-order chi connectivity index (χ0) is 17.3. The molecule has 5 nitrogen and oxygen atoms in total. The first-order valence-electron chi connectivity index (χ1n) is 8.54. The molecule has 1 aromatic heterocycles. The molecule has 1 N–H and O–H groups in total. The Morgan fingerprint density at radius 3 is 2.42 bits per heavy atom. The van der Waals surface area contributed by atoms with Gasteiger partial charge in [0.1, 0.15) is 0 Å². The molecule has 0 aliphatic carbocycles. The van der Waals surface area contributed by atoms with Crippen molar-refractivity contribution in [2.75, 3.05) is 13.1 Å². The minimum atomic E-state index is -2.02. The van der Waals surface area contributed by atoms with E-state index in [1.54, 1.807) is 12.5 Å². The van der Waals surface area contributed by atoms with Crippen molar-refractivity contribution in [1.82, 2.24) is 20.0 Å². The number of nitrogens with one attached hydrogen (secondary N) is 1. The Morgan fingerprint density at radius 1 is 1.21 bits per heavy atom. The summed E-state index contributed by atoms with van der Waals surface area (Å²) in [5.41, 5.74) is 4.74. The summed E-state index contributed by atoms with van der Waals surface area (Å²) in [5.74, 6) is -0.0819. The molecule has 1 atom stereocenters. The maximum atomic E-state index is 12.4. The van der Waals surface area contributed by atoms with Crippen LogP contribution >= 0.6 is 0 Å². The Bertz CT molecular complexity index is 713.